The highest BCUT2D eigenvalue weighted by Crippen LogP contribution is 2.31. The molecule has 39 heavy (non-hydrogen) atoms. The van der Waals surface area contributed by atoms with Crippen molar-refractivity contribution in [2.75, 3.05) is 23.7 Å². The molecule has 0 fully saturated rings. The summed E-state index contributed by atoms with van der Waals surface area (Å²) in [6.07, 6.45) is 1.91. The maximum Gasteiger partial charge on any atom is 0.244 e. The van der Waals surface area contributed by atoms with Crippen LogP contribution < -0.4 is 9.62 Å². The van der Waals surface area contributed by atoms with Crippen LogP contribution in [-0.2, 0) is 32.6 Å². The van der Waals surface area contributed by atoms with Gasteiger partial charge in [0.15, 0.2) is 0 Å². The lowest BCUT2D eigenvalue weighted by Gasteiger charge is -2.33. The number of anilines is 1. The summed E-state index contributed by atoms with van der Waals surface area (Å²) < 4.78 is 26.6. The first-order chi connectivity index (χ1) is 18.5. The van der Waals surface area contributed by atoms with E-state index in [9.17, 15) is 18.0 Å². The van der Waals surface area contributed by atoms with Crippen LogP contribution >= 0.6 is 34.8 Å². The maximum absolute atomic E-state index is 14.0. The number of hydrogen-bond acceptors (Lipinski definition) is 4. The molecular weight excluding hydrogens is 581 g/mol. The van der Waals surface area contributed by atoms with Gasteiger partial charge in [-0.25, -0.2) is 8.42 Å². The molecule has 0 aliphatic heterocycles. The number of halogens is 3. The standard InChI is InChI=1S/C28H30Cl3N3O4S/c1-3-15-32-28(36)26(16-20-9-5-4-6-10-20)33(18-21-11-7-8-12-23(21)30)27(35)19-34(39(2,37)38)25-14-13-22(29)17-24(25)31/h4-14,17,26H,3,15-16,18-19H2,1-2H3,(H,32,36). The molecular formula is C28H30Cl3N3O4S. The van der Waals surface area contributed by atoms with Gasteiger partial charge in [0.25, 0.3) is 0 Å². The first-order valence-electron chi connectivity index (χ1n) is 12.3. The van der Waals surface area contributed by atoms with E-state index in [1.54, 1.807) is 24.3 Å². The molecule has 0 saturated carbocycles. The van der Waals surface area contributed by atoms with Gasteiger partial charge in [-0.2, -0.15) is 0 Å². The molecule has 1 unspecified atom stereocenters. The van der Waals surface area contributed by atoms with Crippen molar-refractivity contribution in [2.45, 2.75) is 32.4 Å². The molecule has 1 N–H and O–H groups in total. The molecule has 3 aromatic rings. The van der Waals surface area contributed by atoms with E-state index in [0.717, 1.165) is 16.1 Å². The van der Waals surface area contributed by atoms with Crippen molar-refractivity contribution < 1.29 is 18.0 Å². The van der Waals surface area contributed by atoms with Gasteiger partial charge in [-0.05, 0) is 41.8 Å². The van der Waals surface area contributed by atoms with Crippen molar-refractivity contribution >= 4 is 62.3 Å². The fraction of sp³-hybridized carbons (Fsp3) is 0.286. The Morgan fingerprint density at radius 3 is 2.21 bits per heavy atom. The first-order valence-corrected chi connectivity index (χ1v) is 15.3. The maximum atomic E-state index is 14.0. The van der Waals surface area contributed by atoms with Crippen molar-refractivity contribution in [3.63, 3.8) is 0 Å². The molecule has 0 aromatic heterocycles. The second-order valence-corrected chi connectivity index (χ2v) is 12.1. The van der Waals surface area contributed by atoms with Crippen LogP contribution in [0.2, 0.25) is 15.1 Å². The number of carbonyl (C=O) groups excluding carboxylic acids is 2. The van der Waals surface area contributed by atoms with E-state index in [1.807, 2.05) is 37.3 Å². The molecule has 11 heteroatoms. The molecule has 3 rings (SSSR count). The Kier molecular flexibility index (Phi) is 11.1. The Hall–Kier alpha value is -2.78. The molecule has 0 bridgehead atoms. The quantitative estimate of drug-likeness (QED) is 0.290. The van der Waals surface area contributed by atoms with Crippen molar-refractivity contribution in [3.05, 3.63) is 99.0 Å². The Bertz CT molecular complexity index is 1400. The topological polar surface area (TPSA) is 86.8 Å². The summed E-state index contributed by atoms with van der Waals surface area (Å²) in [5, 5.41) is 3.69. The van der Waals surface area contributed by atoms with Gasteiger partial charge >= 0.3 is 0 Å². The van der Waals surface area contributed by atoms with Gasteiger partial charge in [-0.1, -0.05) is 90.3 Å². The molecule has 0 aliphatic carbocycles. The molecule has 0 heterocycles. The first kappa shape index (κ1) is 30.8. The molecule has 7 nitrogen and oxygen atoms in total. The molecule has 0 radical (unpaired) electrons. The average Bonchev–Trinajstić information content (AvgIpc) is 2.89. The molecule has 0 aliphatic rings. The number of carbonyl (C=O) groups is 2. The second kappa shape index (κ2) is 14.0. The van der Waals surface area contributed by atoms with Crippen LogP contribution in [0.1, 0.15) is 24.5 Å². The van der Waals surface area contributed by atoms with Gasteiger partial charge in [0.1, 0.15) is 12.6 Å². The van der Waals surface area contributed by atoms with Gasteiger partial charge in [0, 0.05) is 29.6 Å². The third-order valence-electron chi connectivity index (χ3n) is 5.98. The summed E-state index contributed by atoms with van der Waals surface area (Å²) in [6.45, 7) is 1.76. The van der Waals surface area contributed by atoms with Crippen LogP contribution in [0, 0.1) is 0 Å². The number of hydrogen-bond donors (Lipinski definition) is 1. The number of sulfonamides is 1. The average molecular weight is 611 g/mol. The Morgan fingerprint density at radius 1 is 0.923 bits per heavy atom. The third kappa shape index (κ3) is 8.60. The zero-order valence-electron chi connectivity index (χ0n) is 21.6. The number of rotatable bonds is 12. The highest BCUT2D eigenvalue weighted by Gasteiger charge is 2.33. The van der Waals surface area contributed by atoms with Gasteiger partial charge in [-0.3, -0.25) is 13.9 Å². The minimum Gasteiger partial charge on any atom is -0.354 e. The summed E-state index contributed by atoms with van der Waals surface area (Å²) in [5.74, 6) is -0.949. The number of amides is 2. The molecule has 2 amide bonds. The van der Waals surface area contributed by atoms with Crippen LogP contribution in [0.25, 0.3) is 0 Å². The van der Waals surface area contributed by atoms with Crippen LogP contribution in [0.3, 0.4) is 0 Å². The minimum absolute atomic E-state index is 0.0124. The van der Waals surface area contributed by atoms with Crippen molar-refractivity contribution in [3.8, 4) is 0 Å². The highest BCUT2D eigenvalue weighted by atomic mass is 35.5. The van der Waals surface area contributed by atoms with Crippen molar-refractivity contribution in [2.24, 2.45) is 0 Å². The second-order valence-electron chi connectivity index (χ2n) is 8.97. The lowest BCUT2D eigenvalue weighted by Crippen LogP contribution is -2.53. The summed E-state index contributed by atoms with van der Waals surface area (Å²) in [6, 6.07) is 19.7. The Labute approximate surface area is 244 Å². The van der Waals surface area contributed by atoms with E-state index < -0.39 is 28.5 Å². The van der Waals surface area contributed by atoms with E-state index in [-0.39, 0.29) is 29.6 Å². The van der Waals surface area contributed by atoms with Crippen LogP contribution in [0.5, 0.6) is 0 Å². The zero-order valence-corrected chi connectivity index (χ0v) is 24.7. The zero-order chi connectivity index (χ0) is 28.6. The fourth-order valence-electron chi connectivity index (χ4n) is 4.01. The van der Waals surface area contributed by atoms with Gasteiger partial charge in [0.05, 0.1) is 17.0 Å². The van der Waals surface area contributed by atoms with Crippen molar-refractivity contribution in [1.82, 2.24) is 10.2 Å². The van der Waals surface area contributed by atoms with E-state index in [0.29, 0.717) is 28.6 Å². The molecule has 0 spiro atoms. The third-order valence-corrected chi connectivity index (χ3v) is 8.01. The van der Waals surface area contributed by atoms with Crippen LogP contribution in [0.4, 0.5) is 5.69 Å². The molecule has 3 aromatic carbocycles. The lowest BCUT2D eigenvalue weighted by molar-refractivity contribution is -0.140. The number of nitrogens with one attached hydrogen (secondary N) is 1. The van der Waals surface area contributed by atoms with E-state index in [1.165, 1.54) is 23.1 Å². The Morgan fingerprint density at radius 2 is 1.59 bits per heavy atom. The molecule has 208 valence electrons. The Balaban J connectivity index is 2.07. The monoisotopic (exact) mass is 609 g/mol. The summed E-state index contributed by atoms with van der Waals surface area (Å²) in [4.78, 5) is 28.8. The van der Waals surface area contributed by atoms with Gasteiger partial charge in [-0.15, -0.1) is 0 Å². The number of nitrogens with zero attached hydrogens (tertiary/aromatic N) is 2. The van der Waals surface area contributed by atoms with Gasteiger partial charge < -0.3 is 10.2 Å². The van der Waals surface area contributed by atoms with Gasteiger partial charge in [0.2, 0.25) is 21.8 Å². The van der Waals surface area contributed by atoms with E-state index in [4.69, 9.17) is 34.8 Å². The summed E-state index contributed by atoms with van der Waals surface area (Å²) >= 11 is 18.8. The van der Waals surface area contributed by atoms with E-state index >= 15 is 0 Å². The smallest absolute Gasteiger partial charge is 0.244 e. The van der Waals surface area contributed by atoms with E-state index in [2.05, 4.69) is 5.32 Å². The largest absolute Gasteiger partial charge is 0.354 e. The molecule has 0 saturated heterocycles. The normalized spacial score (nSPS) is 12.0. The van der Waals surface area contributed by atoms with Crippen LogP contribution in [-0.4, -0.2) is 50.5 Å². The van der Waals surface area contributed by atoms with Crippen LogP contribution in [0.15, 0.2) is 72.8 Å². The predicted octanol–water partition coefficient (Wildman–Crippen LogP) is 5.58. The molecule has 1 atom stereocenters. The summed E-state index contributed by atoms with van der Waals surface area (Å²) in [5.41, 5.74) is 1.56. The SMILES string of the molecule is CCCNC(=O)C(Cc1ccccc1)N(Cc1ccccc1Cl)C(=O)CN(c1ccc(Cl)cc1Cl)S(C)(=O)=O. The fourth-order valence-corrected chi connectivity index (χ4v) is 5.63. The number of benzene rings is 3. The predicted molar refractivity (Wildman–Crippen MR) is 158 cm³/mol. The lowest BCUT2D eigenvalue weighted by atomic mass is 10.0. The minimum atomic E-state index is -3.95. The highest BCUT2D eigenvalue weighted by molar-refractivity contribution is 7.92. The van der Waals surface area contributed by atoms with Crippen molar-refractivity contribution in [1.29, 1.82) is 0 Å². The summed E-state index contributed by atoms with van der Waals surface area (Å²) in [7, 11) is -3.95.